The highest BCUT2D eigenvalue weighted by molar-refractivity contribution is 7.91. The van der Waals surface area contributed by atoms with Gasteiger partial charge in [-0.15, -0.1) is 0 Å². The van der Waals surface area contributed by atoms with Crippen molar-refractivity contribution in [1.29, 1.82) is 5.26 Å². The van der Waals surface area contributed by atoms with Crippen LogP contribution in [0.5, 0.6) is 0 Å². The van der Waals surface area contributed by atoms with E-state index in [0.29, 0.717) is 5.69 Å². The smallest absolute Gasteiger partial charge is 0.229 e. The van der Waals surface area contributed by atoms with Crippen LogP contribution in [0.2, 0.25) is 4.47 Å². The van der Waals surface area contributed by atoms with Gasteiger partial charge in [0, 0.05) is 13.1 Å². The molecule has 5 nitrogen and oxygen atoms in total. The van der Waals surface area contributed by atoms with Gasteiger partial charge in [-0.3, -0.25) is 0 Å². The first kappa shape index (κ1) is 14.4. The predicted octanol–water partition coefficient (Wildman–Crippen LogP) is 2.03. The Morgan fingerprint density at radius 2 is 2.24 bits per heavy atom. The highest BCUT2D eigenvalue weighted by Gasteiger charge is 2.29. The first-order chi connectivity index (χ1) is 7.80. The quantitative estimate of drug-likeness (QED) is 0.851. The Morgan fingerprint density at radius 3 is 2.65 bits per heavy atom. The Balaban J connectivity index is 3.12. The molecule has 1 rings (SSSR count). The summed E-state index contributed by atoms with van der Waals surface area (Å²) in [5, 5.41) is 8.58. The molecule has 1 unspecified atom stereocenters. The van der Waals surface area contributed by atoms with Gasteiger partial charge in [-0.05, 0) is 13.8 Å². The maximum absolute atomic E-state index is 12.2. The van der Waals surface area contributed by atoms with Crippen LogP contribution in [0.15, 0.2) is 4.21 Å². The Bertz CT molecular complexity index is 547. The van der Waals surface area contributed by atoms with Crippen LogP contribution in [0.3, 0.4) is 0 Å². The van der Waals surface area contributed by atoms with Crippen molar-refractivity contribution in [3.63, 3.8) is 0 Å². The monoisotopic (exact) mass is 293 g/mol. The number of sulfonamides is 1. The zero-order chi connectivity index (χ0) is 13.2. The van der Waals surface area contributed by atoms with E-state index in [1.54, 1.807) is 13.8 Å². The normalized spacial score (nSPS) is 13.6. The first-order valence-electron chi connectivity index (χ1n) is 4.78. The van der Waals surface area contributed by atoms with Crippen LogP contribution >= 0.6 is 22.9 Å². The van der Waals surface area contributed by atoms with Gasteiger partial charge in [-0.1, -0.05) is 22.9 Å². The average molecular weight is 294 g/mol. The van der Waals surface area contributed by atoms with Gasteiger partial charge in [0.05, 0.1) is 18.2 Å². The molecule has 0 saturated carbocycles. The minimum absolute atomic E-state index is 0.134. The van der Waals surface area contributed by atoms with Crippen LogP contribution in [-0.4, -0.2) is 30.8 Å². The molecule has 1 atom stereocenters. The largest absolute Gasteiger partial charge is 0.254 e. The third kappa shape index (κ3) is 2.96. The van der Waals surface area contributed by atoms with Gasteiger partial charge in [-0.25, -0.2) is 13.4 Å². The fraction of sp³-hybridized carbons (Fsp3) is 0.556. The summed E-state index contributed by atoms with van der Waals surface area (Å²) < 4.78 is 25.9. The molecule has 8 heteroatoms. The summed E-state index contributed by atoms with van der Waals surface area (Å²) in [5.74, 6) is 0. The fourth-order valence-corrected chi connectivity index (χ4v) is 4.48. The lowest BCUT2D eigenvalue weighted by molar-refractivity contribution is 0.394. The fourth-order valence-electron chi connectivity index (χ4n) is 1.22. The lowest BCUT2D eigenvalue weighted by Crippen LogP contribution is -2.34. The number of thiazole rings is 1. The van der Waals surface area contributed by atoms with E-state index in [9.17, 15) is 8.42 Å². The van der Waals surface area contributed by atoms with Crippen molar-refractivity contribution in [3.05, 3.63) is 10.2 Å². The molecular formula is C9H12ClN3O2S2. The minimum atomic E-state index is -3.62. The second kappa shape index (κ2) is 5.31. The van der Waals surface area contributed by atoms with Crippen LogP contribution in [0.4, 0.5) is 0 Å². The minimum Gasteiger partial charge on any atom is -0.229 e. The molecule has 0 bridgehead atoms. The van der Waals surface area contributed by atoms with E-state index >= 15 is 0 Å². The molecule has 94 valence electrons. The number of hydrogen-bond donors (Lipinski definition) is 0. The molecule has 0 radical (unpaired) electrons. The second-order valence-corrected chi connectivity index (χ2v) is 7.35. The summed E-state index contributed by atoms with van der Waals surface area (Å²) in [6.45, 7) is 3.27. The van der Waals surface area contributed by atoms with Crippen LogP contribution < -0.4 is 0 Å². The van der Waals surface area contributed by atoms with Crippen molar-refractivity contribution in [2.45, 2.75) is 30.5 Å². The van der Waals surface area contributed by atoms with Crippen LogP contribution in [0, 0.1) is 18.3 Å². The summed E-state index contributed by atoms with van der Waals surface area (Å²) in [6.07, 6.45) is 0.140. The maximum atomic E-state index is 12.2. The van der Waals surface area contributed by atoms with Crippen molar-refractivity contribution in [2.24, 2.45) is 0 Å². The molecule has 0 fully saturated rings. The molecule has 0 spiro atoms. The second-order valence-electron chi connectivity index (χ2n) is 3.57. The number of hydrogen-bond acceptors (Lipinski definition) is 5. The lowest BCUT2D eigenvalue weighted by Gasteiger charge is -2.21. The maximum Gasteiger partial charge on any atom is 0.254 e. The number of nitriles is 1. The number of aromatic nitrogens is 1. The van der Waals surface area contributed by atoms with Crippen LogP contribution in [0.25, 0.3) is 0 Å². The van der Waals surface area contributed by atoms with Crippen molar-refractivity contribution in [3.8, 4) is 6.07 Å². The first-order valence-corrected chi connectivity index (χ1v) is 7.42. The van der Waals surface area contributed by atoms with E-state index in [0.717, 1.165) is 11.3 Å². The Labute approximate surface area is 110 Å². The van der Waals surface area contributed by atoms with Crippen LogP contribution in [0.1, 0.15) is 19.0 Å². The molecular weight excluding hydrogens is 282 g/mol. The number of aryl methyl sites for hydroxylation is 1. The van der Waals surface area contributed by atoms with Gasteiger partial charge < -0.3 is 0 Å². The van der Waals surface area contributed by atoms with Crippen molar-refractivity contribution >= 4 is 33.0 Å². The molecule has 1 aromatic rings. The zero-order valence-electron chi connectivity index (χ0n) is 9.64. The third-order valence-electron chi connectivity index (χ3n) is 2.35. The van der Waals surface area contributed by atoms with E-state index in [2.05, 4.69) is 4.98 Å². The summed E-state index contributed by atoms with van der Waals surface area (Å²) in [4.78, 5) is 3.88. The lowest BCUT2D eigenvalue weighted by atomic mass is 10.3. The van der Waals surface area contributed by atoms with Crippen molar-refractivity contribution < 1.29 is 8.42 Å². The molecule has 0 aromatic carbocycles. The molecule has 0 saturated heterocycles. The van der Waals surface area contributed by atoms with E-state index in [-0.39, 0.29) is 21.1 Å². The Hall–Kier alpha value is -0.680. The molecule has 1 heterocycles. The summed E-state index contributed by atoms with van der Waals surface area (Å²) >= 11 is 6.62. The Morgan fingerprint density at radius 1 is 1.65 bits per heavy atom. The number of rotatable bonds is 4. The average Bonchev–Trinajstić information content (AvgIpc) is 2.57. The summed E-state index contributed by atoms with van der Waals surface area (Å²) in [6, 6.07) is 1.56. The number of halogens is 1. The van der Waals surface area contributed by atoms with E-state index in [1.165, 1.54) is 11.4 Å². The van der Waals surface area contributed by atoms with Crippen molar-refractivity contribution in [1.82, 2.24) is 9.29 Å². The molecule has 17 heavy (non-hydrogen) atoms. The zero-order valence-corrected chi connectivity index (χ0v) is 12.0. The van der Waals surface area contributed by atoms with Crippen molar-refractivity contribution in [2.75, 3.05) is 7.05 Å². The summed E-state index contributed by atoms with van der Waals surface area (Å²) in [7, 11) is -2.17. The molecule has 0 aliphatic carbocycles. The standard InChI is InChI=1S/C9H12ClN3O2S2/c1-6(4-5-11)13(3)17(14,15)8-7(2)12-9(10)16-8/h6H,4H2,1-3H3. The SMILES string of the molecule is Cc1nc(Cl)sc1S(=O)(=O)N(C)C(C)CC#N. The molecule has 0 aliphatic rings. The molecule has 1 aromatic heterocycles. The van der Waals surface area contributed by atoms with Gasteiger partial charge in [0.2, 0.25) is 0 Å². The number of nitrogens with zero attached hydrogens (tertiary/aromatic N) is 3. The third-order valence-corrected chi connectivity index (χ3v) is 6.17. The van der Waals surface area contributed by atoms with Gasteiger partial charge in [0.15, 0.2) is 8.68 Å². The highest BCUT2D eigenvalue weighted by Crippen LogP contribution is 2.29. The van der Waals surface area contributed by atoms with Gasteiger partial charge in [0.1, 0.15) is 0 Å². The van der Waals surface area contributed by atoms with E-state index in [4.69, 9.17) is 16.9 Å². The molecule has 0 N–H and O–H groups in total. The summed E-state index contributed by atoms with van der Waals surface area (Å²) in [5.41, 5.74) is 0.385. The molecule has 0 amide bonds. The topological polar surface area (TPSA) is 74.1 Å². The van der Waals surface area contributed by atoms with E-state index in [1.807, 2.05) is 6.07 Å². The molecule has 0 aliphatic heterocycles. The van der Waals surface area contributed by atoms with Gasteiger partial charge in [0.25, 0.3) is 10.0 Å². The van der Waals surface area contributed by atoms with Gasteiger partial charge in [-0.2, -0.15) is 9.57 Å². The Kier molecular flexibility index (Phi) is 4.49. The predicted molar refractivity (Wildman–Crippen MR) is 66.5 cm³/mol. The van der Waals surface area contributed by atoms with Crippen LogP contribution in [-0.2, 0) is 10.0 Å². The highest BCUT2D eigenvalue weighted by atomic mass is 35.5. The van der Waals surface area contributed by atoms with Gasteiger partial charge >= 0.3 is 0 Å². The van der Waals surface area contributed by atoms with E-state index < -0.39 is 10.0 Å².